The summed E-state index contributed by atoms with van der Waals surface area (Å²) >= 11 is 0. The van der Waals surface area contributed by atoms with Crippen molar-refractivity contribution in [3.05, 3.63) is 107 Å². The summed E-state index contributed by atoms with van der Waals surface area (Å²) in [5.74, 6) is -0.0774. The minimum absolute atomic E-state index is 0.0191. The molecule has 0 aliphatic carbocycles. The Hall–Kier alpha value is -4.39. The van der Waals surface area contributed by atoms with E-state index in [1.807, 2.05) is 49.4 Å². The molecule has 0 aliphatic rings. The second-order valence-corrected chi connectivity index (χ2v) is 9.66. The van der Waals surface area contributed by atoms with Crippen molar-refractivity contribution in [1.82, 2.24) is 15.0 Å². The van der Waals surface area contributed by atoms with Gasteiger partial charge in [-0.1, -0.05) is 57.2 Å². The minimum atomic E-state index is -0.964. The summed E-state index contributed by atoms with van der Waals surface area (Å²) in [6, 6.07) is 19.9. The van der Waals surface area contributed by atoms with E-state index >= 15 is 0 Å². The van der Waals surface area contributed by atoms with Gasteiger partial charge in [-0.25, -0.2) is 19.7 Å². The molecule has 0 spiro atoms. The largest absolute Gasteiger partial charge is 0.478 e. The molecule has 1 heterocycles. The summed E-state index contributed by atoms with van der Waals surface area (Å²) in [5, 5.41) is 12.1. The molecule has 1 aromatic heterocycles. The van der Waals surface area contributed by atoms with Crippen molar-refractivity contribution in [2.75, 3.05) is 5.32 Å². The van der Waals surface area contributed by atoms with Gasteiger partial charge in [-0.2, -0.15) is 0 Å². The zero-order valence-corrected chi connectivity index (χ0v) is 20.7. The van der Waals surface area contributed by atoms with Crippen LogP contribution in [-0.4, -0.2) is 31.9 Å². The monoisotopic (exact) mass is 480 g/mol. The van der Waals surface area contributed by atoms with Gasteiger partial charge < -0.3 is 10.4 Å². The molecule has 1 amide bonds. The molecule has 7 nitrogen and oxygen atoms in total. The van der Waals surface area contributed by atoms with Gasteiger partial charge in [0.15, 0.2) is 5.82 Å². The first kappa shape index (κ1) is 24.7. The van der Waals surface area contributed by atoms with Gasteiger partial charge in [0, 0.05) is 23.2 Å². The van der Waals surface area contributed by atoms with Crippen LogP contribution in [0, 0.1) is 6.92 Å². The van der Waals surface area contributed by atoms with Crippen LogP contribution in [0.15, 0.2) is 73.1 Å². The molecule has 36 heavy (non-hydrogen) atoms. The maximum absolute atomic E-state index is 12.9. The number of nitrogens with zero attached hydrogens (tertiary/aromatic N) is 3. The van der Waals surface area contributed by atoms with E-state index < -0.39 is 5.97 Å². The zero-order chi connectivity index (χ0) is 25.9. The molecule has 0 unspecified atom stereocenters. The van der Waals surface area contributed by atoms with Crippen LogP contribution < -0.4 is 5.32 Å². The van der Waals surface area contributed by atoms with Gasteiger partial charge in [0.1, 0.15) is 12.2 Å². The average molecular weight is 481 g/mol. The number of nitrogens with one attached hydrogen (secondary N) is 1. The van der Waals surface area contributed by atoms with Crippen LogP contribution in [0.1, 0.15) is 64.0 Å². The van der Waals surface area contributed by atoms with Gasteiger partial charge in [0.05, 0.1) is 5.56 Å². The van der Waals surface area contributed by atoms with E-state index in [2.05, 4.69) is 41.0 Å². The van der Waals surface area contributed by atoms with Crippen molar-refractivity contribution in [2.45, 2.75) is 39.5 Å². The zero-order valence-electron chi connectivity index (χ0n) is 20.7. The number of hydrogen-bond acceptors (Lipinski definition) is 5. The number of anilines is 1. The van der Waals surface area contributed by atoms with Crippen LogP contribution in [0.3, 0.4) is 0 Å². The van der Waals surface area contributed by atoms with Crippen molar-refractivity contribution in [1.29, 1.82) is 0 Å². The van der Waals surface area contributed by atoms with Crippen LogP contribution in [0.4, 0.5) is 5.69 Å². The molecule has 4 aromatic rings. The first-order chi connectivity index (χ1) is 17.1. The Bertz CT molecular complexity index is 1410. The summed E-state index contributed by atoms with van der Waals surface area (Å²) in [6.45, 7) is 8.33. The molecule has 0 bridgehead atoms. The van der Waals surface area contributed by atoms with E-state index in [9.17, 15) is 9.59 Å². The summed E-state index contributed by atoms with van der Waals surface area (Å²) in [7, 11) is 0. The summed E-state index contributed by atoms with van der Waals surface area (Å²) in [5.41, 5.74) is 5.22. The molecule has 0 saturated carbocycles. The Kier molecular flexibility index (Phi) is 6.92. The van der Waals surface area contributed by atoms with Gasteiger partial charge in [-0.15, -0.1) is 0 Å². The molecule has 0 fully saturated rings. The number of hydrogen-bond donors (Lipinski definition) is 2. The standard InChI is InChI=1S/C29H28N4O3/c1-18-23(26-31-17-30-25(33-26)16-19-8-10-21(11-9-19)28(35)36)6-5-7-24(18)32-27(34)20-12-14-22(15-13-20)29(2,3)4/h5-15,17H,16H2,1-4H3,(H,32,34)(H,35,36). The van der Waals surface area contributed by atoms with Crippen molar-refractivity contribution in [3.63, 3.8) is 0 Å². The second-order valence-electron chi connectivity index (χ2n) is 9.66. The lowest BCUT2D eigenvalue weighted by molar-refractivity contribution is 0.0696. The number of carbonyl (C=O) groups excluding carboxylic acids is 1. The fourth-order valence-corrected chi connectivity index (χ4v) is 3.82. The highest BCUT2D eigenvalue weighted by Crippen LogP contribution is 2.27. The van der Waals surface area contributed by atoms with E-state index in [-0.39, 0.29) is 16.9 Å². The molecule has 3 aromatic carbocycles. The quantitative estimate of drug-likeness (QED) is 0.368. The molecule has 7 heteroatoms. The molecule has 0 atom stereocenters. The Morgan fingerprint density at radius 2 is 1.56 bits per heavy atom. The van der Waals surface area contributed by atoms with Crippen LogP contribution in [0.25, 0.3) is 11.4 Å². The summed E-state index contributed by atoms with van der Waals surface area (Å²) in [6.07, 6.45) is 1.90. The molecular weight excluding hydrogens is 452 g/mol. The highest BCUT2D eigenvalue weighted by Gasteiger charge is 2.16. The third-order valence-corrected chi connectivity index (χ3v) is 6.02. The first-order valence-corrected chi connectivity index (χ1v) is 11.6. The predicted molar refractivity (Wildman–Crippen MR) is 139 cm³/mol. The molecule has 2 N–H and O–H groups in total. The van der Waals surface area contributed by atoms with Crippen LogP contribution in [0.5, 0.6) is 0 Å². The summed E-state index contributed by atoms with van der Waals surface area (Å²) < 4.78 is 0. The van der Waals surface area contributed by atoms with Crippen molar-refractivity contribution < 1.29 is 14.7 Å². The van der Waals surface area contributed by atoms with Crippen molar-refractivity contribution in [2.24, 2.45) is 0 Å². The smallest absolute Gasteiger partial charge is 0.335 e. The number of amides is 1. The number of carbonyl (C=O) groups is 2. The normalized spacial score (nSPS) is 11.2. The first-order valence-electron chi connectivity index (χ1n) is 11.6. The third-order valence-electron chi connectivity index (χ3n) is 6.02. The lowest BCUT2D eigenvalue weighted by Gasteiger charge is -2.19. The van der Waals surface area contributed by atoms with Gasteiger partial charge in [0.2, 0.25) is 0 Å². The number of aromatic nitrogens is 3. The van der Waals surface area contributed by atoms with Gasteiger partial charge in [-0.05, 0) is 59.4 Å². The predicted octanol–water partition coefficient (Wildman–Crippen LogP) is 5.69. The number of carboxylic acid groups (broad SMARTS) is 1. The molecule has 0 aliphatic heterocycles. The van der Waals surface area contributed by atoms with E-state index in [0.29, 0.717) is 29.3 Å². The fraction of sp³-hybridized carbons (Fsp3) is 0.207. The highest BCUT2D eigenvalue weighted by atomic mass is 16.4. The topological polar surface area (TPSA) is 105 Å². The molecule has 4 rings (SSSR count). The van der Waals surface area contributed by atoms with E-state index in [1.165, 1.54) is 11.9 Å². The van der Waals surface area contributed by atoms with Crippen molar-refractivity contribution in [3.8, 4) is 11.4 Å². The average Bonchev–Trinajstić information content (AvgIpc) is 2.85. The minimum Gasteiger partial charge on any atom is -0.478 e. The van der Waals surface area contributed by atoms with Crippen LogP contribution in [-0.2, 0) is 11.8 Å². The Morgan fingerprint density at radius 1 is 0.889 bits per heavy atom. The van der Waals surface area contributed by atoms with Gasteiger partial charge in [0.25, 0.3) is 5.91 Å². The number of benzene rings is 3. The molecule has 0 radical (unpaired) electrons. The maximum atomic E-state index is 12.9. The fourth-order valence-electron chi connectivity index (χ4n) is 3.82. The number of aromatic carboxylic acids is 1. The van der Waals surface area contributed by atoms with E-state index in [4.69, 9.17) is 5.11 Å². The number of rotatable bonds is 6. The van der Waals surface area contributed by atoms with Gasteiger partial charge in [-0.3, -0.25) is 4.79 Å². The van der Waals surface area contributed by atoms with Crippen LogP contribution in [0.2, 0.25) is 0 Å². The summed E-state index contributed by atoms with van der Waals surface area (Å²) in [4.78, 5) is 37.2. The van der Waals surface area contributed by atoms with E-state index in [0.717, 1.165) is 16.7 Å². The lowest BCUT2D eigenvalue weighted by Crippen LogP contribution is -2.15. The van der Waals surface area contributed by atoms with Crippen LogP contribution >= 0.6 is 0 Å². The highest BCUT2D eigenvalue weighted by molar-refractivity contribution is 6.05. The second kappa shape index (κ2) is 10.1. The molecular formula is C29H28N4O3. The lowest BCUT2D eigenvalue weighted by atomic mass is 9.86. The van der Waals surface area contributed by atoms with Gasteiger partial charge >= 0.3 is 5.97 Å². The Balaban J connectivity index is 1.53. The maximum Gasteiger partial charge on any atom is 0.335 e. The molecule has 182 valence electrons. The molecule has 0 saturated heterocycles. The Labute approximate surface area is 210 Å². The SMILES string of the molecule is Cc1c(NC(=O)c2ccc(C(C)(C)C)cc2)cccc1-c1ncnc(Cc2ccc(C(=O)O)cc2)n1. The Morgan fingerprint density at radius 3 is 2.19 bits per heavy atom. The third kappa shape index (κ3) is 5.63. The number of carboxylic acids is 1. The van der Waals surface area contributed by atoms with Crippen molar-refractivity contribution >= 4 is 17.6 Å². The van der Waals surface area contributed by atoms with E-state index in [1.54, 1.807) is 24.3 Å².